The first-order valence-corrected chi connectivity index (χ1v) is 10.5. The molecule has 0 atom stereocenters. The molecular weight excluding hydrogens is 398 g/mol. The third-order valence-corrected chi connectivity index (χ3v) is 6.51. The highest BCUT2D eigenvalue weighted by molar-refractivity contribution is 7.90. The molecule has 152 valence electrons. The molecule has 2 amide bonds. The molecule has 1 aromatic heterocycles. The van der Waals surface area contributed by atoms with Crippen molar-refractivity contribution in [1.29, 1.82) is 0 Å². The maximum Gasteiger partial charge on any atom is 0.269 e. The van der Waals surface area contributed by atoms with Gasteiger partial charge >= 0.3 is 0 Å². The van der Waals surface area contributed by atoms with Crippen LogP contribution < -0.4 is 10.1 Å². The molecule has 9 nitrogen and oxygen atoms in total. The number of amides is 2. The lowest BCUT2D eigenvalue weighted by Gasteiger charge is -2.13. The van der Waals surface area contributed by atoms with Crippen LogP contribution in [0.15, 0.2) is 41.4 Å². The van der Waals surface area contributed by atoms with Crippen molar-refractivity contribution in [2.45, 2.75) is 23.8 Å². The summed E-state index contributed by atoms with van der Waals surface area (Å²) >= 11 is 0. The Kier molecular flexibility index (Phi) is 4.97. The molecule has 4 rings (SSSR count). The molecule has 2 aromatic rings. The monoisotopic (exact) mass is 417 g/mol. The third kappa shape index (κ3) is 3.56. The summed E-state index contributed by atoms with van der Waals surface area (Å²) in [4.78, 5) is 29.1. The van der Waals surface area contributed by atoms with Gasteiger partial charge in [0.1, 0.15) is 17.2 Å². The normalized spacial score (nSPS) is 17.1. The number of pyridine rings is 1. The van der Waals surface area contributed by atoms with Gasteiger partial charge in [0.25, 0.3) is 21.8 Å². The number of hydrogen-bond acceptors (Lipinski definition) is 7. The Morgan fingerprint density at radius 2 is 2.07 bits per heavy atom. The van der Waals surface area contributed by atoms with Gasteiger partial charge < -0.3 is 14.8 Å². The Labute approximate surface area is 167 Å². The van der Waals surface area contributed by atoms with E-state index in [0.717, 1.165) is 4.31 Å². The Hall–Kier alpha value is -2.98. The van der Waals surface area contributed by atoms with Crippen LogP contribution in [0, 0.1) is 0 Å². The van der Waals surface area contributed by atoms with E-state index < -0.39 is 21.8 Å². The summed E-state index contributed by atoms with van der Waals surface area (Å²) < 4.78 is 36.8. The fourth-order valence-corrected chi connectivity index (χ4v) is 4.92. The van der Waals surface area contributed by atoms with Crippen molar-refractivity contribution in [2.24, 2.45) is 0 Å². The lowest BCUT2D eigenvalue weighted by Crippen LogP contribution is -2.31. The Morgan fingerprint density at radius 1 is 1.28 bits per heavy atom. The maximum atomic E-state index is 12.7. The molecule has 0 radical (unpaired) electrons. The number of carbonyl (C=O) groups excluding carboxylic acids is 2. The topological polar surface area (TPSA) is 115 Å². The van der Waals surface area contributed by atoms with Crippen LogP contribution in [0.5, 0.6) is 5.88 Å². The smallest absolute Gasteiger partial charge is 0.269 e. The Bertz CT molecular complexity index is 1080. The summed E-state index contributed by atoms with van der Waals surface area (Å²) in [6.07, 6.45) is 2.86. The van der Waals surface area contributed by atoms with Gasteiger partial charge in [-0.1, -0.05) is 0 Å². The van der Waals surface area contributed by atoms with Gasteiger partial charge in [0.05, 0.1) is 12.2 Å². The van der Waals surface area contributed by atoms with E-state index in [9.17, 15) is 18.0 Å². The molecule has 1 saturated carbocycles. The number of rotatable bonds is 7. The van der Waals surface area contributed by atoms with Crippen LogP contribution in [-0.2, 0) is 14.8 Å². The first kappa shape index (κ1) is 19.3. The van der Waals surface area contributed by atoms with Crippen molar-refractivity contribution in [2.75, 3.05) is 25.6 Å². The van der Waals surface area contributed by atoms with Crippen molar-refractivity contribution in [3.63, 3.8) is 0 Å². The van der Waals surface area contributed by atoms with Gasteiger partial charge in [-0.3, -0.25) is 9.59 Å². The third-order valence-electron chi connectivity index (χ3n) is 4.64. The molecule has 10 heteroatoms. The van der Waals surface area contributed by atoms with E-state index in [-0.39, 0.29) is 34.6 Å². The fraction of sp³-hybridized carbons (Fsp3) is 0.316. The van der Waals surface area contributed by atoms with E-state index in [1.54, 1.807) is 19.2 Å². The van der Waals surface area contributed by atoms with Crippen LogP contribution in [-0.4, -0.2) is 55.9 Å². The molecule has 2 heterocycles. The average molecular weight is 417 g/mol. The molecule has 1 aliphatic carbocycles. The van der Waals surface area contributed by atoms with E-state index in [1.807, 2.05) is 0 Å². The van der Waals surface area contributed by atoms with E-state index in [2.05, 4.69) is 10.3 Å². The molecular formula is C19H19N3O6S. The SMILES string of the molecule is COCCOc1ncccc1NC(=O)c1ccc2c(c1)S(=O)(=O)N(C1CC1)C2=O. The first-order chi connectivity index (χ1) is 13.9. The summed E-state index contributed by atoms with van der Waals surface area (Å²) in [6.45, 7) is 0.616. The van der Waals surface area contributed by atoms with Crippen LogP contribution in [0.25, 0.3) is 0 Å². The number of methoxy groups -OCH3 is 1. The minimum Gasteiger partial charge on any atom is -0.474 e. The molecule has 0 bridgehead atoms. The highest BCUT2D eigenvalue weighted by atomic mass is 32.2. The molecule has 0 saturated heterocycles. The second-order valence-corrected chi connectivity index (χ2v) is 8.48. The number of benzene rings is 1. The zero-order valence-corrected chi connectivity index (χ0v) is 16.4. The van der Waals surface area contributed by atoms with Crippen molar-refractivity contribution >= 4 is 27.5 Å². The zero-order valence-electron chi connectivity index (χ0n) is 15.6. The molecule has 1 N–H and O–H groups in total. The number of fused-ring (bicyclic) bond motifs is 1. The zero-order chi connectivity index (χ0) is 20.6. The van der Waals surface area contributed by atoms with Crippen LogP contribution in [0.3, 0.4) is 0 Å². The summed E-state index contributed by atoms with van der Waals surface area (Å²) in [5, 5.41) is 2.67. The van der Waals surface area contributed by atoms with E-state index in [0.29, 0.717) is 25.1 Å². The van der Waals surface area contributed by atoms with Crippen LogP contribution in [0.4, 0.5) is 5.69 Å². The Balaban J connectivity index is 1.58. The largest absolute Gasteiger partial charge is 0.474 e. The average Bonchev–Trinajstić information content (AvgIpc) is 3.50. The van der Waals surface area contributed by atoms with Crippen molar-refractivity contribution < 1.29 is 27.5 Å². The maximum absolute atomic E-state index is 12.7. The number of hydrogen-bond donors (Lipinski definition) is 1. The molecule has 1 fully saturated rings. The molecule has 1 aliphatic heterocycles. The summed E-state index contributed by atoms with van der Waals surface area (Å²) in [7, 11) is -2.39. The first-order valence-electron chi connectivity index (χ1n) is 9.04. The molecule has 1 aromatic carbocycles. The summed E-state index contributed by atoms with van der Waals surface area (Å²) in [6, 6.07) is 7.03. The Morgan fingerprint density at radius 3 is 2.79 bits per heavy atom. The van der Waals surface area contributed by atoms with E-state index in [1.165, 1.54) is 24.4 Å². The van der Waals surface area contributed by atoms with Gasteiger partial charge in [-0.2, -0.15) is 0 Å². The van der Waals surface area contributed by atoms with E-state index >= 15 is 0 Å². The molecule has 29 heavy (non-hydrogen) atoms. The number of nitrogens with zero attached hydrogens (tertiary/aromatic N) is 2. The number of anilines is 1. The molecule has 0 unspecified atom stereocenters. The number of ether oxygens (including phenoxy) is 2. The number of nitrogens with one attached hydrogen (secondary N) is 1. The summed E-state index contributed by atoms with van der Waals surface area (Å²) in [5.41, 5.74) is 0.551. The van der Waals surface area contributed by atoms with Crippen molar-refractivity contribution in [3.05, 3.63) is 47.7 Å². The summed E-state index contributed by atoms with van der Waals surface area (Å²) in [5.74, 6) is -0.845. The minimum atomic E-state index is -3.93. The van der Waals surface area contributed by atoms with Gasteiger partial charge in [-0.05, 0) is 43.2 Å². The lowest BCUT2D eigenvalue weighted by molar-refractivity contribution is 0.0864. The van der Waals surface area contributed by atoms with Crippen molar-refractivity contribution in [3.8, 4) is 5.88 Å². The number of sulfonamides is 1. The standard InChI is InChI=1S/C19H19N3O6S/c1-27-9-10-28-18-15(3-2-8-20-18)21-17(23)12-4-7-14-16(11-12)29(25,26)22(19(14)24)13-5-6-13/h2-4,7-8,11,13H,5-6,9-10H2,1H3,(H,21,23). The van der Waals surface area contributed by atoms with Crippen molar-refractivity contribution in [1.82, 2.24) is 9.29 Å². The number of carbonyl (C=O) groups is 2. The van der Waals surface area contributed by atoms with Crippen LogP contribution in [0.1, 0.15) is 33.6 Å². The van der Waals surface area contributed by atoms with Gasteiger partial charge in [0.2, 0.25) is 5.88 Å². The van der Waals surface area contributed by atoms with E-state index in [4.69, 9.17) is 9.47 Å². The quantitative estimate of drug-likeness (QED) is 0.682. The highest BCUT2D eigenvalue weighted by Crippen LogP contribution is 2.39. The van der Waals surface area contributed by atoms with Gasteiger partial charge in [-0.15, -0.1) is 0 Å². The lowest BCUT2D eigenvalue weighted by atomic mass is 10.1. The van der Waals surface area contributed by atoms with Crippen LogP contribution >= 0.6 is 0 Å². The predicted octanol–water partition coefficient (Wildman–Crippen LogP) is 1.67. The second-order valence-electron chi connectivity index (χ2n) is 6.70. The number of aromatic nitrogens is 1. The molecule has 0 spiro atoms. The van der Waals surface area contributed by atoms with Gasteiger partial charge in [-0.25, -0.2) is 17.7 Å². The minimum absolute atomic E-state index is 0.0958. The fourth-order valence-electron chi connectivity index (χ4n) is 3.08. The second kappa shape index (κ2) is 7.45. The predicted molar refractivity (Wildman–Crippen MR) is 102 cm³/mol. The highest BCUT2D eigenvalue weighted by Gasteiger charge is 2.48. The van der Waals surface area contributed by atoms with Gasteiger partial charge in [0.15, 0.2) is 0 Å². The molecule has 2 aliphatic rings. The van der Waals surface area contributed by atoms with Crippen LogP contribution in [0.2, 0.25) is 0 Å². The van der Waals surface area contributed by atoms with Gasteiger partial charge in [0, 0.05) is 24.9 Å².